The second-order valence-corrected chi connectivity index (χ2v) is 7.31. The van der Waals surface area contributed by atoms with Gasteiger partial charge in [0.2, 0.25) is 12.3 Å². The minimum absolute atomic E-state index is 0.0771. The summed E-state index contributed by atoms with van der Waals surface area (Å²) < 4.78 is 10.9. The van der Waals surface area contributed by atoms with Gasteiger partial charge in [-0.15, -0.1) is 0 Å². The average molecular weight is 473 g/mol. The number of likely N-dealkylation sites (N-methyl/N-ethyl adjacent to an activating group) is 1. The normalized spacial score (nSPS) is 17.4. The summed E-state index contributed by atoms with van der Waals surface area (Å²) in [6, 6.07) is 6.48. The number of aliphatic hydroxyl groups is 2. The summed E-state index contributed by atoms with van der Waals surface area (Å²) in [5.41, 5.74) is 0.366. The summed E-state index contributed by atoms with van der Waals surface area (Å²) in [7, 11) is 1.49. The van der Waals surface area contributed by atoms with Crippen molar-refractivity contribution in [3.05, 3.63) is 47.1 Å². The molecule has 0 bridgehead atoms. The van der Waals surface area contributed by atoms with E-state index in [2.05, 4.69) is 5.32 Å². The van der Waals surface area contributed by atoms with E-state index in [1.54, 1.807) is 18.2 Å². The summed E-state index contributed by atoms with van der Waals surface area (Å²) in [6.45, 7) is 6.67. The van der Waals surface area contributed by atoms with Gasteiger partial charge in [-0.25, -0.2) is 4.79 Å². The molecule has 2 unspecified atom stereocenters. The number of hydrogen-bond donors (Lipinski definition) is 3. The van der Waals surface area contributed by atoms with Crippen LogP contribution in [0.2, 0.25) is 5.02 Å². The maximum absolute atomic E-state index is 12.0. The van der Waals surface area contributed by atoms with Gasteiger partial charge in [0.25, 0.3) is 0 Å². The Morgan fingerprint density at radius 3 is 2.47 bits per heavy atom. The molecule has 9 nitrogen and oxygen atoms in total. The Kier molecular flexibility index (Phi) is 14.2. The monoisotopic (exact) mass is 472 g/mol. The van der Waals surface area contributed by atoms with Gasteiger partial charge in [-0.05, 0) is 44.9 Å². The molecule has 0 spiro atoms. The zero-order chi connectivity index (χ0) is 24.7. The smallest absolute Gasteiger partial charge is 0.338 e. The number of nitrogens with zero attached hydrogens (tertiary/aromatic N) is 1. The number of carbonyl (C=O) groups is 3. The number of ether oxygens (including phenoxy) is 2. The van der Waals surface area contributed by atoms with Gasteiger partial charge in [-0.2, -0.15) is 0 Å². The molecular formula is C22H33ClN2O7. The molecule has 1 aliphatic rings. The van der Waals surface area contributed by atoms with Crippen molar-refractivity contribution in [2.45, 2.75) is 58.7 Å². The maximum Gasteiger partial charge on any atom is 0.338 e. The van der Waals surface area contributed by atoms with Gasteiger partial charge in [0.05, 0.1) is 11.7 Å². The quantitative estimate of drug-likeness (QED) is 0.241. The summed E-state index contributed by atoms with van der Waals surface area (Å²) >= 11 is 5.84. The Labute approximate surface area is 193 Å². The van der Waals surface area contributed by atoms with Gasteiger partial charge < -0.3 is 25.0 Å². The number of esters is 1. The molecular weight excluding hydrogens is 440 g/mol. The number of halogens is 1. The molecule has 1 aromatic carbocycles. The van der Waals surface area contributed by atoms with Gasteiger partial charge >= 0.3 is 5.97 Å². The number of hydrogen-bond acceptors (Lipinski definition) is 7. The minimum atomic E-state index is -1.50. The van der Waals surface area contributed by atoms with Crippen LogP contribution in [0, 0.1) is 0 Å². The second kappa shape index (κ2) is 15.4. The van der Waals surface area contributed by atoms with Crippen LogP contribution in [0.25, 0.3) is 0 Å². The van der Waals surface area contributed by atoms with Crippen molar-refractivity contribution in [1.82, 2.24) is 10.2 Å². The third-order valence-electron chi connectivity index (χ3n) is 3.64. The Morgan fingerprint density at radius 2 is 1.94 bits per heavy atom. The van der Waals surface area contributed by atoms with Crippen molar-refractivity contribution in [3.8, 4) is 0 Å². The van der Waals surface area contributed by atoms with Crippen molar-refractivity contribution >= 4 is 29.9 Å². The number of rotatable bonds is 7. The van der Waals surface area contributed by atoms with E-state index in [-0.39, 0.29) is 18.6 Å². The van der Waals surface area contributed by atoms with E-state index in [4.69, 9.17) is 31.3 Å². The third kappa shape index (κ3) is 13.1. The molecule has 2 atom stereocenters. The predicted octanol–water partition coefficient (Wildman–Crippen LogP) is 2.45. The number of carbonyl (C=O) groups excluding carboxylic acids is 3. The van der Waals surface area contributed by atoms with Crippen LogP contribution in [0.4, 0.5) is 0 Å². The second-order valence-electron chi connectivity index (χ2n) is 6.88. The Morgan fingerprint density at radius 1 is 1.31 bits per heavy atom. The lowest BCUT2D eigenvalue weighted by atomic mass is 10.2. The van der Waals surface area contributed by atoms with Crippen molar-refractivity contribution in [3.63, 3.8) is 0 Å². The van der Waals surface area contributed by atoms with Gasteiger partial charge in [0, 0.05) is 24.3 Å². The number of nitrogens with one attached hydrogen (secondary N) is 1. The molecule has 10 heteroatoms. The topological polar surface area (TPSA) is 125 Å². The van der Waals surface area contributed by atoms with E-state index in [1.807, 2.05) is 13.8 Å². The van der Waals surface area contributed by atoms with Crippen LogP contribution < -0.4 is 5.32 Å². The van der Waals surface area contributed by atoms with Crippen LogP contribution in [-0.2, 0) is 19.1 Å². The fraction of sp³-hybridized carbons (Fsp3) is 0.500. The molecule has 1 aromatic rings. The molecule has 1 aliphatic heterocycles. The lowest BCUT2D eigenvalue weighted by Crippen LogP contribution is -2.31. The SMILES string of the molecule is CC.CC(C)(O)O.CNC(=O)/C=C\N(C=O)C1CCC(COC(=O)c2cccc(Cl)c2)O1. The standard InChI is InChI=1S/C17H19ClN2O5.C3H8O2.C2H6/c1-19-15(22)7-8-20(11-21)16-6-5-14(25-16)10-24-17(23)12-3-2-4-13(18)9-12;1-3(2,4)5;1-2/h2-4,7-9,11,14,16H,5-6,10H2,1H3,(H,19,22);4-5H,1-2H3;1-2H3/b8-7-;;. The van der Waals surface area contributed by atoms with Gasteiger partial charge in [0.1, 0.15) is 12.8 Å². The highest BCUT2D eigenvalue weighted by molar-refractivity contribution is 6.30. The van der Waals surface area contributed by atoms with Crippen LogP contribution in [0.3, 0.4) is 0 Å². The van der Waals surface area contributed by atoms with Gasteiger partial charge in [-0.1, -0.05) is 31.5 Å². The van der Waals surface area contributed by atoms with Crippen molar-refractivity contribution in [1.29, 1.82) is 0 Å². The van der Waals surface area contributed by atoms with E-state index in [0.717, 1.165) is 0 Å². The zero-order valence-corrected chi connectivity index (χ0v) is 19.8. The highest BCUT2D eigenvalue weighted by Gasteiger charge is 2.29. The van der Waals surface area contributed by atoms with Crippen LogP contribution >= 0.6 is 11.6 Å². The van der Waals surface area contributed by atoms with E-state index in [0.29, 0.717) is 29.8 Å². The molecule has 0 radical (unpaired) electrons. The average Bonchev–Trinajstić information content (AvgIpc) is 3.21. The first-order valence-electron chi connectivity index (χ1n) is 10.2. The molecule has 0 saturated carbocycles. The highest BCUT2D eigenvalue weighted by atomic mass is 35.5. The molecule has 2 rings (SSSR count). The predicted molar refractivity (Wildman–Crippen MR) is 121 cm³/mol. The fourth-order valence-corrected chi connectivity index (χ4v) is 2.52. The summed E-state index contributed by atoms with van der Waals surface area (Å²) in [5, 5.41) is 19.0. The number of amides is 2. The summed E-state index contributed by atoms with van der Waals surface area (Å²) in [6.07, 6.45) is 3.59. The molecule has 3 N–H and O–H groups in total. The van der Waals surface area contributed by atoms with Crippen LogP contribution in [0.15, 0.2) is 36.5 Å². The van der Waals surface area contributed by atoms with Crippen LogP contribution in [0.1, 0.15) is 50.9 Å². The van der Waals surface area contributed by atoms with E-state index in [1.165, 1.54) is 44.1 Å². The van der Waals surface area contributed by atoms with Gasteiger partial charge in [0.15, 0.2) is 5.79 Å². The largest absolute Gasteiger partial charge is 0.459 e. The van der Waals surface area contributed by atoms with Crippen LogP contribution in [-0.4, -0.2) is 65.2 Å². The Hall–Kier alpha value is -2.46. The minimum Gasteiger partial charge on any atom is -0.459 e. The maximum atomic E-state index is 12.0. The molecule has 0 aromatic heterocycles. The summed E-state index contributed by atoms with van der Waals surface area (Å²) in [5.74, 6) is -2.31. The molecule has 32 heavy (non-hydrogen) atoms. The first-order chi connectivity index (χ1) is 15.0. The molecule has 180 valence electrons. The Bertz CT molecular complexity index is 744. The van der Waals surface area contributed by atoms with Gasteiger partial charge in [-0.3, -0.25) is 14.5 Å². The van der Waals surface area contributed by atoms with Crippen molar-refractivity contribution < 1.29 is 34.1 Å². The molecule has 0 aliphatic carbocycles. The molecule has 1 heterocycles. The zero-order valence-electron chi connectivity index (χ0n) is 19.1. The lowest BCUT2D eigenvalue weighted by molar-refractivity contribution is -0.128. The third-order valence-corrected chi connectivity index (χ3v) is 3.88. The van der Waals surface area contributed by atoms with Crippen LogP contribution in [0.5, 0.6) is 0 Å². The lowest BCUT2D eigenvalue weighted by Gasteiger charge is -2.21. The number of benzene rings is 1. The van der Waals surface area contributed by atoms with Crippen molar-refractivity contribution in [2.24, 2.45) is 0 Å². The van der Waals surface area contributed by atoms with Crippen molar-refractivity contribution in [2.75, 3.05) is 13.7 Å². The fourth-order valence-electron chi connectivity index (χ4n) is 2.33. The highest BCUT2D eigenvalue weighted by Crippen LogP contribution is 2.23. The Balaban J connectivity index is 0.00000121. The molecule has 2 amide bonds. The van der Waals surface area contributed by atoms with E-state index in [9.17, 15) is 14.4 Å². The summed E-state index contributed by atoms with van der Waals surface area (Å²) in [4.78, 5) is 35.6. The first-order valence-corrected chi connectivity index (χ1v) is 10.6. The molecule has 1 fully saturated rings. The molecule has 1 saturated heterocycles. The first kappa shape index (κ1) is 29.5. The van der Waals surface area contributed by atoms with E-state index < -0.39 is 18.0 Å². The van der Waals surface area contributed by atoms with E-state index >= 15 is 0 Å².